The van der Waals surface area contributed by atoms with E-state index in [0.29, 0.717) is 17.8 Å². The number of halogens is 1. The monoisotopic (exact) mass is 443 g/mol. The van der Waals surface area contributed by atoms with Crippen molar-refractivity contribution in [3.05, 3.63) is 10.6 Å². The van der Waals surface area contributed by atoms with Crippen molar-refractivity contribution in [1.29, 1.82) is 0 Å². The Labute approximate surface area is 171 Å². The summed E-state index contributed by atoms with van der Waals surface area (Å²) in [6, 6.07) is -0.289. The van der Waals surface area contributed by atoms with Gasteiger partial charge in [-0.15, -0.1) is 0 Å². The normalized spacial score (nSPS) is 39.3. The largest absolute Gasteiger partial charge is 0.444 e. The van der Waals surface area contributed by atoms with Gasteiger partial charge in [0.05, 0.1) is 12.1 Å². The Balaban J connectivity index is 1.79. The fourth-order valence-corrected chi connectivity index (χ4v) is 5.32. The van der Waals surface area contributed by atoms with E-state index in [2.05, 4.69) is 48.1 Å². The van der Waals surface area contributed by atoms with Gasteiger partial charge in [-0.3, -0.25) is 0 Å². The van der Waals surface area contributed by atoms with Crippen LogP contribution in [-0.2, 0) is 14.2 Å². The Morgan fingerprint density at radius 1 is 1.33 bits per heavy atom. The van der Waals surface area contributed by atoms with Gasteiger partial charge < -0.3 is 19.5 Å². The van der Waals surface area contributed by atoms with Crippen LogP contribution in [0.3, 0.4) is 0 Å². The average molecular weight is 444 g/mol. The standard InChI is InChI=1S/C21H34BrNO4/c1-12(2)14-8-7-13(3)11-21(14)25-16-10-9-15(22)17(18(16)26-21)23-19(24)27-20(4,5)6/h9,12-14,16-18H,7-8,10-11H2,1-6H3,(H,23,24)/t13-,14+,16-,17-,18-,21-/m1/s1. The molecule has 0 bridgehead atoms. The predicted octanol–water partition coefficient (Wildman–Crippen LogP) is 5.13. The molecule has 0 unspecified atom stereocenters. The van der Waals surface area contributed by atoms with Crippen LogP contribution < -0.4 is 5.32 Å². The Hall–Kier alpha value is -0.590. The number of carbonyl (C=O) groups excluding carboxylic acids is 1. The van der Waals surface area contributed by atoms with Crippen LogP contribution in [0.25, 0.3) is 0 Å². The number of hydrogen-bond donors (Lipinski definition) is 1. The third-order valence-electron chi connectivity index (χ3n) is 5.87. The highest BCUT2D eigenvalue weighted by Gasteiger charge is 2.57. The zero-order valence-electron chi connectivity index (χ0n) is 17.4. The maximum atomic E-state index is 12.4. The summed E-state index contributed by atoms with van der Waals surface area (Å²) in [5.41, 5.74) is -0.538. The minimum atomic E-state index is -0.541. The Morgan fingerprint density at radius 2 is 2.04 bits per heavy atom. The summed E-state index contributed by atoms with van der Waals surface area (Å²) in [6.07, 6.45) is 5.45. The summed E-state index contributed by atoms with van der Waals surface area (Å²) in [5.74, 6) is 0.904. The zero-order chi connectivity index (χ0) is 20.0. The average Bonchev–Trinajstić information content (AvgIpc) is 2.86. The zero-order valence-corrected chi connectivity index (χ0v) is 19.0. The molecule has 0 radical (unpaired) electrons. The van der Waals surface area contributed by atoms with Crippen molar-refractivity contribution in [1.82, 2.24) is 5.32 Å². The lowest BCUT2D eigenvalue weighted by Crippen LogP contribution is -2.51. The van der Waals surface area contributed by atoms with Crippen molar-refractivity contribution < 1.29 is 19.0 Å². The first kappa shape index (κ1) is 21.1. The van der Waals surface area contributed by atoms with Crippen LogP contribution >= 0.6 is 15.9 Å². The van der Waals surface area contributed by atoms with Crippen molar-refractivity contribution in [2.75, 3.05) is 0 Å². The van der Waals surface area contributed by atoms with Gasteiger partial charge in [-0.05, 0) is 45.4 Å². The smallest absolute Gasteiger partial charge is 0.408 e. The molecule has 0 aromatic rings. The molecule has 2 fully saturated rings. The molecule has 1 spiro atoms. The van der Waals surface area contributed by atoms with E-state index in [1.54, 1.807) is 0 Å². The van der Waals surface area contributed by atoms with Crippen molar-refractivity contribution in [2.24, 2.45) is 17.8 Å². The third-order valence-corrected chi connectivity index (χ3v) is 6.69. The van der Waals surface area contributed by atoms with Gasteiger partial charge in [0.1, 0.15) is 11.7 Å². The van der Waals surface area contributed by atoms with E-state index in [4.69, 9.17) is 14.2 Å². The van der Waals surface area contributed by atoms with Gasteiger partial charge in [-0.2, -0.15) is 0 Å². The molecule has 27 heavy (non-hydrogen) atoms. The Bertz CT molecular complexity index is 599. The SMILES string of the molecule is CC(C)[C@@H]1CC[C@@H](C)C[C@@]12O[C@H]1[C@H](NC(=O)OC(C)(C)C)C(Br)=CC[C@H]1O2. The van der Waals surface area contributed by atoms with Gasteiger partial charge >= 0.3 is 6.09 Å². The van der Waals surface area contributed by atoms with Crippen LogP contribution in [-0.4, -0.2) is 35.7 Å². The molecular weight excluding hydrogens is 410 g/mol. The topological polar surface area (TPSA) is 56.8 Å². The highest BCUT2D eigenvalue weighted by Crippen LogP contribution is 2.51. The minimum absolute atomic E-state index is 0.0437. The van der Waals surface area contributed by atoms with Crippen LogP contribution in [0.1, 0.15) is 67.2 Å². The lowest BCUT2D eigenvalue weighted by atomic mass is 9.73. The van der Waals surface area contributed by atoms with E-state index in [0.717, 1.165) is 23.7 Å². The van der Waals surface area contributed by atoms with Gasteiger partial charge in [0.25, 0.3) is 0 Å². The predicted molar refractivity (Wildman–Crippen MR) is 109 cm³/mol. The van der Waals surface area contributed by atoms with E-state index in [-0.39, 0.29) is 18.2 Å². The molecule has 3 aliphatic rings. The summed E-state index contributed by atoms with van der Waals surface area (Å²) >= 11 is 3.62. The second-order valence-electron chi connectivity index (χ2n) is 9.74. The van der Waals surface area contributed by atoms with Gasteiger partial charge in [-0.25, -0.2) is 4.79 Å². The van der Waals surface area contributed by atoms with E-state index in [9.17, 15) is 4.79 Å². The van der Waals surface area contributed by atoms with Gasteiger partial charge in [0.2, 0.25) is 0 Å². The molecule has 6 heteroatoms. The van der Waals surface area contributed by atoms with Crippen molar-refractivity contribution in [2.45, 2.75) is 96.9 Å². The van der Waals surface area contributed by atoms with Crippen LogP contribution in [0.2, 0.25) is 0 Å². The van der Waals surface area contributed by atoms with Crippen LogP contribution in [0.4, 0.5) is 4.79 Å². The molecule has 5 nitrogen and oxygen atoms in total. The van der Waals surface area contributed by atoms with E-state index >= 15 is 0 Å². The van der Waals surface area contributed by atoms with Crippen molar-refractivity contribution in [3.63, 3.8) is 0 Å². The van der Waals surface area contributed by atoms with Crippen molar-refractivity contribution >= 4 is 22.0 Å². The molecule has 1 amide bonds. The summed E-state index contributed by atoms with van der Waals surface area (Å²) in [4.78, 5) is 12.4. The fraction of sp³-hybridized carbons (Fsp3) is 0.857. The summed E-state index contributed by atoms with van der Waals surface area (Å²) in [6.45, 7) is 12.4. The van der Waals surface area contributed by atoms with Crippen LogP contribution in [0.5, 0.6) is 0 Å². The molecule has 1 N–H and O–H groups in total. The quantitative estimate of drug-likeness (QED) is 0.641. The summed E-state index contributed by atoms with van der Waals surface area (Å²) in [5, 5.41) is 2.99. The molecule has 0 aromatic carbocycles. The molecule has 1 saturated heterocycles. The number of rotatable bonds is 2. The second-order valence-corrected chi connectivity index (χ2v) is 10.7. The Morgan fingerprint density at radius 3 is 2.67 bits per heavy atom. The number of alkyl carbamates (subject to hydrolysis) is 1. The number of carbonyl (C=O) groups is 1. The fourth-order valence-electron chi connectivity index (χ4n) is 4.76. The molecule has 1 aliphatic heterocycles. The maximum Gasteiger partial charge on any atom is 0.408 e. The first-order valence-corrected chi connectivity index (χ1v) is 11.0. The van der Waals surface area contributed by atoms with Crippen molar-refractivity contribution in [3.8, 4) is 0 Å². The highest BCUT2D eigenvalue weighted by molar-refractivity contribution is 9.11. The number of fused-ring (bicyclic) bond motifs is 1. The molecule has 1 saturated carbocycles. The molecule has 3 rings (SSSR count). The van der Waals surface area contributed by atoms with E-state index in [1.165, 1.54) is 6.42 Å². The lowest BCUT2D eigenvalue weighted by Gasteiger charge is -2.44. The van der Waals surface area contributed by atoms with E-state index in [1.807, 2.05) is 20.8 Å². The number of hydrogen-bond acceptors (Lipinski definition) is 4. The van der Waals surface area contributed by atoms with Gasteiger partial charge in [0.15, 0.2) is 5.79 Å². The lowest BCUT2D eigenvalue weighted by molar-refractivity contribution is -0.244. The van der Waals surface area contributed by atoms with Crippen LogP contribution in [0.15, 0.2) is 10.6 Å². The molecule has 0 aromatic heterocycles. The summed E-state index contributed by atoms with van der Waals surface area (Å²) < 4.78 is 19.7. The molecule has 2 aliphatic carbocycles. The summed E-state index contributed by atoms with van der Waals surface area (Å²) in [7, 11) is 0. The molecular formula is C21H34BrNO4. The first-order valence-electron chi connectivity index (χ1n) is 10.2. The van der Waals surface area contributed by atoms with Gasteiger partial charge in [0, 0.05) is 16.8 Å². The highest BCUT2D eigenvalue weighted by atomic mass is 79.9. The van der Waals surface area contributed by atoms with Crippen LogP contribution in [0, 0.1) is 17.8 Å². The molecule has 6 atom stereocenters. The second kappa shape index (κ2) is 7.68. The maximum absolute atomic E-state index is 12.4. The first-order chi connectivity index (χ1) is 12.5. The molecule has 1 heterocycles. The van der Waals surface area contributed by atoms with Gasteiger partial charge in [-0.1, -0.05) is 49.2 Å². The van der Waals surface area contributed by atoms with E-state index < -0.39 is 17.5 Å². The number of nitrogens with one attached hydrogen (secondary N) is 1. The minimum Gasteiger partial charge on any atom is -0.444 e. The third kappa shape index (κ3) is 4.54. The molecule has 154 valence electrons. The Kier molecular flexibility index (Phi) is 6.01. The number of amides is 1. The number of ether oxygens (including phenoxy) is 3.